The number of aromatic nitrogens is 2. The van der Waals surface area contributed by atoms with E-state index in [0.717, 1.165) is 28.1 Å². The number of rotatable bonds is 8. The van der Waals surface area contributed by atoms with Crippen LogP contribution in [-0.2, 0) is 9.59 Å². The molecular formula is C30H39N5O4S. The van der Waals surface area contributed by atoms with Crippen LogP contribution >= 0.6 is 11.3 Å². The van der Waals surface area contributed by atoms with E-state index in [4.69, 9.17) is 4.52 Å². The van der Waals surface area contributed by atoms with Gasteiger partial charge in [-0.2, -0.15) is 0 Å². The number of anilines is 1. The molecule has 2 amide bonds. The topological polar surface area (TPSA) is 112 Å². The monoisotopic (exact) mass is 565 g/mol. The van der Waals surface area contributed by atoms with Gasteiger partial charge in [-0.05, 0) is 56.6 Å². The fourth-order valence-electron chi connectivity index (χ4n) is 5.78. The summed E-state index contributed by atoms with van der Waals surface area (Å²) in [6, 6.07) is 9.35. The summed E-state index contributed by atoms with van der Waals surface area (Å²) in [5, 5.41) is 17.2. The Labute approximate surface area is 239 Å². The molecule has 0 aliphatic carbocycles. The Balaban J connectivity index is 1.25. The number of hydrogen-bond donors (Lipinski definition) is 2. The van der Waals surface area contributed by atoms with Crippen LogP contribution in [-0.4, -0.2) is 63.7 Å². The normalized spacial score (nSPS) is 19.7. The van der Waals surface area contributed by atoms with Crippen LogP contribution in [0.2, 0.25) is 0 Å². The highest BCUT2D eigenvalue weighted by atomic mass is 32.1. The Hall–Kier alpha value is -3.24. The second-order valence-corrected chi connectivity index (χ2v) is 12.2. The molecule has 2 aliphatic rings. The van der Waals surface area contributed by atoms with Crippen molar-refractivity contribution in [1.29, 1.82) is 0 Å². The van der Waals surface area contributed by atoms with E-state index in [-0.39, 0.29) is 29.9 Å². The van der Waals surface area contributed by atoms with E-state index in [1.165, 1.54) is 0 Å². The third-order valence-electron chi connectivity index (χ3n) is 8.16. The number of benzene rings is 1. The number of nitrogens with one attached hydrogen (secondary N) is 1. The van der Waals surface area contributed by atoms with E-state index in [9.17, 15) is 14.7 Å². The minimum Gasteiger partial charge on any atom is -0.393 e. The maximum absolute atomic E-state index is 13.9. The summed E-state index contributed by atoms with van der Waals surface area (Å²) in [6.45, 7) is 9.91. The number of thiazole rings is 1. The highest BCUT2D eigenvalue weighted by Crippen LogP contribution is 2.33. The average molecular weight is 566 g/mol. The number of carbonyl (C=O) groups excluding carboxylic acids is 2. The second kappa shape index (κ2) is 12.1. The molecule has 40 heavy (non-hydrogen) atoms. The molecule has 2 saturated heterocycles. The van der Waals surface area contributed by atoms with Crippen molar-refractivity contribution in [2.45, 2.75) is 77.5 Å². The molecule has 0 spiro atoms. The van der Waals surface area contributed by atoms with E-state index in [2.05, 4.69) is 32.5 Å². The van der Waals surface area contributed by atoms with E-state index in [0.29, 0.717) is 50.5 Å². The van der Waals surface area contributed by atoms with Gasteiger partial charge in [-0.25, -0.2) is 4.98 Å². The molecule has 0 bridgehead atoms. The molecule has 2 aliphatic heterocycles. The number of likely N-dealkylation sites (tertiary alicyclic amines) is 1. The third kappa shape index (κ3) is 5.93. The minimum absolute atomic E-state index is 0.0274. The quantitative estimate of drug-likeness (QED) is 0.408. The maximum Gasteiger partial charge on any atom is 0.243 e. The van der Waals surface area contributed by atoms with Crippen LogP contribution in [0.25, 0.3) is 10.4 Å². The first kappa shape index (κ1) is 28.3. The smallest absolute Gasteiger partial charge is 0.243 e. The number of carbonyl (C=O) groups is 2. The molecule has 3 unspecified atom stereocenters. The fourth-order valence-corrected chi connectivity index (χ4v) is 6.59. The highest BCUT2D eigenvalue weighted by Gasteiger charge is 2.40. The molecular weight excluding hydrogens is 526 g/mol. The van der Waals surface area contributed by atoms with Gasteiger partial charge in [0.2, 0.25) is 11.8 Å². The van der Waals surface area contributed by atoms with Gasteiger partial charge in [0.1, 0.15) is 12.0 Å². The summed E-state index contributed by atoms with van der Waals surface area (Å²) < 4.78 is 5.71. The highest BCUT2D eigenvalue weighted by molar-refractivity contribution is 7.13. The van der Waals surface area contributed by atoms with Crippen molar-refractivity contribution in [3.8, 4) is 10.4 Å². The first-order chi connectivity index (χ1) is 19.2. The minimum atomic E-state index is -0.523. The summed E-state index contributed by atoms with van der Waals surface area (Å²) in [6.07, 6.45) is 2.52. The molecule has 5 rings (SSSR count). The zero-order chi connectivity index (χ0) is 28.4. The largest absolute Gasteiger partial charge is 0.393 e. The van der Waals surface area contributed by atoms with E-state index < -0.39 is 12.0 Å². The SMILES string of the molecule is Cc1ncsc1-c1ccc(C(C)NC(=O)C2CCCN2C(=O)C(c2cc(N3CCC(O)CC3)no2)C(C)C)cc1. The van der Waals surface area contributed by atoms with Gasteiger partial charge in [0.15, 0.2) is 11.6 Å². The van der Waals surface area contributed by atoms with Crippen molar-refractivity contribution >= 4 is 29.0 Å². The first-order valence-corrected chi connectivity index (χ1v) is 15.1. The predicted molar refractivity (Wildman–Crippen MR) is 155 cm³/mol. The lowest BCUT2D eigenvalue weighted by Gasteiger charge is -2.30. The van der Waals surface area contributed by atoms with Crippen LogP contribution in [0.1, 0.15) is 75.4 Å². The Morgan fingerprint density at radius 3 is 2.48 bits per heavy atom. The Kier molecular flexibility index (Phi) is 8.56. The lowest BCUT2D eigenvalue weighted by Crippen LogP contribution is -2.48. The Morgan fingerprint density at radius 2 is 1.82 bits per heavy atom. The zero-order valence-electron chi connectivity index (χ0n) is 23.7. The Morgan fingerprint density at radius 1 is 1.10 bits per heavy atom. The average Bonchev–Trinajstić information content (AvgIpc) is 3.70. The summed E-state index contributed by atoms with van der Waals surface area (Å²) >= 11 is 1.62. The number of aliphatic hydroxyl groups excluding tert-OH is 1. The van der Waals surface area contributed by atoms with Gasteiger partial charge < -0.3 is 24.7 Å². The van der Waals surface area contributed by atoms with Gasteiger partial charge in [-0.15, -0.1) is 11.3 Å². The van der Waals surface area contributed by atoms with E-state index in [1.807, 2.05) is 51.4 Å². The van der Waals surface area contributed by atoms with Crippen LogP contribution in [0.5, 0.6) is 0 Å². The fraction of sp³-hybridized carbons (Fsp3) is 0.533. The molecule has 0 radical (unpaired) electrons. The number of hydrogen-bond acceptors (Lipinski definition) is 8. The number of aliphatic hydroxyl groups is 1. The van der Waals surface area contributed by atoms with Crippen molar-refractivity contribution in [2.24, 2.45) is 5.92 Å². The summed E-state index contributed by atoms with van der Waals surface area (Å²) in [5.74, 6) is 0.443. The molecule has 2 N–H and O–H groups in total. The van der Waals surface area contributed by atoms with Crippen molar-refractivity contribution in [2.75, 3.05) is 24.5 Å². The standard InChI is InChI=1S/C30H39N5O4S/c1-18(2)27(25-16-26(33-39-25)34-14-11-23(36)12-15-34)30(38)35-13-5-6-24(35)29(37)32-19(3)21-7-9-22(10-8-21)28-20(4)31-17-40-28/h7-10,16-19,23-24,27,36H,5-6,11-15H2,1-4H3,(H,32,37). The van der Waals surface area contributed by atoms with Gasteiger partial charge in [0.05, 0.1) is 28.2 Å². The van der Waals surface area contributed by atoms with Gasteiger partial charge in [0, 0.05) is 25.7 Å². The van der Waals surface area contributed by atoms with Gasteiger partial charge >= 0.3 is 0 Å². The maximum atomic E-state index is 13.9. The summed E-state index contributed by atoms with van der Waals surface area (Å²) in [4.78, 5) is 36.6. The van der Waals surface area contributed by atoms with Gasteiger partial charge in [-0.1, -0.05) is 43.3 Å². The van der Waals surface area contributed by atoms with E-state index >= 15 is 0 Å². The van der Waals surface area contributed by atoms with Crippen molar-refractivity contribution < 1.29 is 19.2 Å². The van der Waals surface area contributed by atoms with Gasteiger partial charge in [-0.3, -0.25) is 9.59 Å². The summed E-state index contributed by atoms with van der Waals surface area (Å²) in [5.41, 5.74) is 4.98. The first-order valence-electron chi connectivity index (χ1n) is 14.2. The molecule has 9 nitrogen and oxygen atoms in total. The van der Waals surface area contributed by atoms with Crippen LogP contribution in [0.3, 0.4) is 0 Å². The number of amides is 2. The molecule has 2 aromatic heterocycles. The third-order valence-corrected chi connectivity index (χ3v) is 9.14. The van der Waals surface area contributed by atoms with Crippen LogP contribution in [0.15, 0.2) is 40.4 Å². The van der Waals surface area contributed by atoms with E-state index in [1.54, 1.807) is 16.2 Å². The van der Waals surface area contributed by atoms with Crippen LogP contribution in [0, 0.1) is 12.8 Å². The van der Waals surface area contributed by atoms with Crippen molar-refractivity contribution in [3.05, 3.63) is 52.9 Å². The Bertz CT molecular complexity index is 1310. The number of piperidine rings is 1. The molecule has 3 aromatic rings. The number of aryl methyl sites for hydroxylation is 1. The zero-order valence-corrected chi connectivity index (χ0v) is 24.5. The van der Waals surface area contributed by atoms with Crippen molar-refractivity contribution in [1.82, 2.24) is 20.4 Å². The van der Waals surface area contributed by atoms with Crippen LogP contribution in [0.4, 0.5) is 5.82 Å². The molecule has 214 valence electrons. The lowest BCUT2D eigenvalue weighted by atomic mass is 9.91. The molecule has 4 heterocycles. The lowest BCUT2D eigenvalue weighted by molar-refractivity contribution is -0.141. The predicted octanol–water partition coefficient (Wildman–Crippen LogP) is 4.68. The van der Waals surface area contributed by atoms with Crippen LogP contribution < -0.4 is 10.2 Å². The summed E-state index contributed by atoms with van der Waals surface area (Å²) in [7, 11) is 0. The molecule has 0 saturated carbocycles. The number of nitrogens with zero attached hydrogens (tertiary/aromatic N) is 4. The molecule has 2 fully saturated rings. The van der Waals surface area contributed by atoms with Crippen molar-refractivity contribution in [3.63, 3.8) is 0 Å². The molecule has 3 atom stereocenters. The second-order valence-electron chi connectivity index (χ2n) is 11.3. The molecule has 10 heteroatoms. The molecule has 1 aromatic carbocycles. The van der Waals surface area contributed by atoms with Gasteiger partial charge in [0.25, 0.3) is 0 Å².